The molecule has 1 N–H and O–H groups in total. The van der Waals surface area contributed by atoms with Crippen LogP contribution in [0.15, 0.2) is 18.2 Å². The number of rotatable bonds is 4. The molecule has 3 rings (SSSR count). The van der Waals surface area contributed by atoms with Crippen molar-refractivity contribution in [3.05, 3.63) is 24.0 Å². The lowest BCUT2D eigenvalue weighted by Crippen LogP contribution is -2.20. The first-order chi connectivity index (χ1) is 9.33. The maximum Gasteiger partial charge on any atom is 0.148 e. The Morgan fingerprint density at radius 1 is 1.26 bits per heavy atom. The molecule has 0 spiro atoms. The Labute approximate surface area is 113 Å². The molecule has 4 heteroatoms. The van der Waals surface area contributed by atoms with Gasteiger partial charge in [-0.25, -0.2) is 4.39 Å². The summed E-state index contributed by atoms with van der Waals surface area (Å²) in [7, 11) is 0. The van der Waals surface area contributed by atoms with Crippen molar-refractivity contribution in [1.82, 2.24) is 0 Å². The summed E-state index contributed by atoms with van der Waals surface area (Å²) in [5.41, 5.74) is 1.58. The molecule has 1 aromatic rings. The number of benzene rings is 1. The van der Waals surface area contributed by atoms with Gasteiger partial charge >= 0.3 is 0 Å². The van der Waals surface area contributed by atoms with Crippen LogP contribution in [0.25, 0.3) is 0 Å². The topological polar surface area (TPSA) is 24.5 Å². The SMILES string of the molecule is Fc1cc(NCC2CCCO2)ccc1N1CCCC1. The Balaban J connectivity index is 1.61. The number of nitrogens with zero attached hydrogens (tertiary/aromatic N) is 1. The van der Waals surface area contributed by atoms with Crippen molar-refractivity contribution < 1.29 is 9.13 Å². The Hall–Kier alpha value is -1.29. The van der Waals surface area contributed by atoms with Gasteiger partial charge in [-0.1, -0.05) is 0 Å². The van der Waals surface area contributed by atoms with Crippen LogP contribution in [0.2, 0.25) is 0 Å². The minimum Gasteiger partial charge on any atom is -0.382 e. The van der Waals surface area contributed by atoms with Gasteiger partial charge in [0.05, 0.1) is 11.8 Å². The summed E-state index contributed by atoms with van der Waals surface area (Å²) in [4.78, 5) is 2.12. The van der Waals surface area contributed by atoms with Gasteiger partial charge in [-0.05, 0) is 43.9 Å². The predicted molar refractivity (Wildman–Crippen MR) is 75.3 cm³/mol. The zero-order valence-electron chi connectivity index (χ0n) is 11.2. The van der Waals surface area contributed by atoms with Crippen LogP contribution in [0.4, 0.5) is 15.8 Å². The minimum atomic E-state index is -0.126. The van der Waals surface area contributed by atoms with Gasteiger partial charge in [0.15, 0.2) is 0 Å². The first-order valence-corrected chi connectivity index (χ1v) is 7.23. The van der Waals surface area contributed by atoms with Gasteiger partial charge in [-0.3, -0.25) is 0 Å². The van der Waals surface area contributed by atoms with Crippen LogP contribution in [0.1, 0.15) is 25.7 Å². The molecule has 2 heterocycles. The second-order valence-corrected chi connectivity index (χ2v) is 5.38. The van der Waals surface area contributed by atoms with Crippen LogP contribution in [0.3, 0.4) is 0 Å². The molecule has 19 heavy (non-hydrogen) atoms. The molecule has 0 bridgehead atoms. The van der Waals surface area contributed by atoms with Crippen molar-refractivity contribution in [3.8, 4) is 0 Å². The Kier molecular flexibility index (Phi) is 3.87. The zero-order valence-corrected chi connectivity index (χ0v) is 11.2. The van der Waals surface area contributed by atoms with Crippen molar-refractivity contribution >= 4 is 11.4 Å². The summed E-state index contributed by atoms with van der Waals surface area (Å²) in [6.07, 6.45) is 4.84. The van der Waals surface area contributed by atoms with Crippen LogP contribution < -0.4 is 10.2 Å². The number of ether oxygens (including phenoxy) is 1. The number of anilines is 2. The standard InChI is InChI=1S/C15H21FN2O/c16-14-10-12(17-11-13-4-3-9-19-13)5-6-15(14)18-7-1-2-8-18/h5-6,10,13,17H,1-4,7-9,11H2. The maximum absolute atomic E-state index is 14.1. The van der Waals surface area contributed by atoms with Crippen molar-refractivity contribution in [2.75, 3.05) is 36.5 Å². The van der Waals surface area contributed by atoms with E-state index in [0.717, 1.165) is 50.5 Å². The normalized spacial score (nSPS) is 23.0. The molecule has 1 unspecified atom stereocenters. The Morgan fingerprint density at radius 2 is 2.11 bits per heavy atom. The monoisotopic (exact) mass is 264 g/mol. The van der Waals surface area contributed by atoms with Crippen molar-refractivity contribution in [1.29, 1.82) is 0 Å². The summed E-state index contributed by atoms with van der Waals surface area (Å²) in [6.45, 7) is 3.57. The second-order valence-electron chi connectivity index (χ2n) is 5.38. The third-order valence-corrected chi connectivity index (χ3v) is 3.95. The highest BCUT2D eigenvalue weighted by Gasteiger charge is 2.17. The van der Waals surface area contributed by atoms with E-state index < -0.39 is 0 Å². The smallest absolute Gasteiger partial charge is 0.148 e. The highest BCUT2D eigenvalue weighted by molar-refractivity contribution is 5.56. The van der Waals surface area contributed by atoms with Gasteiger partial charge in [-0.15, -0.1) is 0 Å². The fourth-order valence-corrected chi connectivity index (χ4v) is 2.87. The molecular formula is C15H21FN2O. The highest BCUT2D eigenvalue weighted by Crippen LogP contribution is 2.26. The minimum absolute atomic E-state index is 0.126. The highest BCUT2D eigenvalue weighted by atomic mass is 19.1. The summed E-state index contributed by atoms with van der Waals surface area (Å²) in [5, 5.41) is 3.26. The quantitative estimate of drug-likeness (QED) is 0.904. The molecule has 1 atom stereocenters. The summed E-state index contributed by atoms with van der Waals surface area (Å²) >= 11 is 0. The van der Waals surface area contributed by atoms with Crippen molar-refractivity contribution in [2.45, 2.75) is 31.8 Å². The fourth-order valence-electron chi connectivity index (χ4n) is 2.87. The molecule has 2 aliphatic rings. The van der Waals surface area contributed by atoms with E-state index in [1.807, 2.05) is 12.1 Å². The molecule has 2 aliphatic heterocycles. The first kappa shape index (κ1) is 12.7. The van der Waals surface area contributed by atoms with E-state index in [1.165, 1.54) is 12.8 Å². The van der Waals surface area contributed by atoms with Crippen molar-refractivity contribution in [2.24, 2.45) is 0 Å². The van der Waals surface area contributed by atoms with Gasteiger partial charge < -0.3 is 15.0 Å². The molecular weight excluding hydrogens is 243 g/mol. The molecule has 3 nitrogen and oxygen atoms in total. The van der Waals surface area contributed by atoms with E-state index in [2.05, 4.69) is 10.2 Å². The van der Waals surface area contributed by atoms with Gasteiger partial charge in [0, 0.05) is 31.9 Å². The number of nitrogens with one attached hydrogen (secondary N) is 1. The lowest BCUT2D eigenvalue weighted by atomic mass is 10.2. The molecule has 2 fully saturated rings. The van der Waals surface area contributed by atoms with E-state index in [1.54, 1.807) is 6.07 Å². The second kappa shape index (κ2) is 5.78. The summed E-state index contributed by atoms with van der Waals surface area (Å²) in [5.74, 6) is -0.126. The van der Waals surface area contributed by atoms with Crippen LogP contribution in [0.5, 0.6) is 0 Å². The third kappa shape index (κ3) is 3.00. The zero-order chi connectivity index (χ0) is 13.1. The first-order valence-electron chi connectivity index (χ1n) is 7.23. The van der Waals surface area contributed by atoms with E-state index >= 15 is 0 Å². The molecule has 0 radical (unpaired) electrons. The van der Waals surface area contributed by atoms with Gasteiger partial charge in [-0.2, -0.15) is 0 Å². The molecule has 0 aromatic heterocycles. The van der Waals surface area contributed by atoms with E-state index in [9.17, 15) is 4.39 Å². The van der Waals surface area contributed by atoms with Gasteiger partial charge in [0.25, 0.3) is 0 Å². The summed E-state index contributed by atoms with van der Waals surface area (Å²) in [6, 6.07) is 5.45. The van der Waals surface area contributed by atoms with Crippen LogP contribution in [-0.4, -0.2) is 32.3 Å². The molecule has 104 valence electrons. The lowest BCUT2D eigenvalue weighted by Gasteiger charge is -2.19. The average Bonchev–Trinajstić information content (AvgIpc) is 3.10. The number of halogens is 1. The number of hydrogen-bond acceptors (Lipinski definition) is 3. The predicted octanol–water partition coefficient (Wildman–Crippen LogP) is 3.02. The van der Waals surface area contributed by atoms with Crippen LogP contribution in [-0.2, 0) is 4.74 Å². The van der Waals surface area contributed by atoms with Gasteiger partial charge in [0.2, 0.25) is 0 Å². The van der Waals surface area contributed by atoms with E-state index in [-0.39, 0.29) is 11.9 Å². The van der Waals surface area contributed by atoms with Crippen LogP contribution in [0, 0.1) is 5.82 Å². The summed E-state index contributed by atoms with van der Waals surface area (Å²) < 4.78 is 19.6. The molecule has 0 aliphatic carbocycles. The third-order valence-electron chi connectivity index (χ3n) is 3.95. The molecule has 1 aromatic carbocycles. The van der Waals surface area contributed by atoms with Gasteiger partial charge in [0.1, 0.15) is 5.82 Å². The maximum atomic E-state index is 14.1. The van der Waals surface area contributed by atoms with E-state index in [4.69, 9.17) is 4.74 Å². The van der Waals surface area contributed by atoms with Crippen LogP contribution >= 0.6 is 0 Å². The Bertz CT molecular complexity index is 426. The lowest BCUT2D eigenvalue weighted by molar-refractivity contribution is 0.120. The molecule has 2 saturated heterocycles. The largest absolute Gasteiger partial charge is 0.382 e. The molecule has 0 amide bonds. The number of hydrogen-bond donors (Lipinski definition) is 1. The van der Waals surface area contributed by atoms with E-state index in [0.29, 0.717) is 0 Å². The molecule has 0 saturated carbocycles. The van der Waals surface area contributed by atoms with Crippen molar-refractivity contribution in [3.63, 3.8) is 0 Å². The Morgan fingerprint density at radius 3 is 2.79 bits per heavy atom. The average molecular weight is 264 g/mol. The fraction of sp³-hybridized carbons (Fsp3) is 0.600.